The molecule has 0 saturated heterocycles. The van der Waals surface area contributed by atoms with Crippen molar-refractivity contribution in [1.29, 1.82) is 0 Å². The molecular formula is C30H58O4. The molecule has 0 aromatic carbocycles. The van der Waals surface area contributed by atoms with Gasteiger partial charge in [0.2, 0.25) is 0 Å². The SMILES string of the molecule is CCCCCCCC/C=C\CCCCCCCCCCOCC(CO)OC(=O)CCCCCC. The minimum Gasteiger partial charge on any atom is -0.457 e. The number of aliphatic hydroxyl groups is 1. The summed E-state index contributed by atoms with van der Waals surface area (Å²) >= 11 is 0. The molecule has 1 atom stereocenters. The highest BCUT2D eigenvalue weighted by Crippen LogP contribution is 2.11. The normalized spacial score (nSPS) is 12.4. The fourth-order valence-electron chi connectivity index (χ4n) is 4.08. The molecule has 4 nitrogen and oxygen atoms in total. The number of aliphatic hydroxyl groups excluding tert-OH is 1. The average molecular weight is 483 g/mol. The topological polar surface area (TPSA) is 55.8 Å². The minimum atomic E-state index is -0.524. The van der Waals surface area contributed by atoms with Crippen molar-refractivity contribution < 1.29 is 19.4 Å². The summed E-state index contributed by atoms with van der Waals surface area (Å²) in [5.74, 6) is -0.219. The van der Waals surface area contributed by atoms with E-state index >= 15 is 0 Å². The highest BCUT2D eigenvalue weighted by atomic mass is 16.6. The van der Waals surface area contributed by atoms with E-state index in [2.05, 4.69) is 26.0 Å². The minimum absolute atomic E-state index is 0.171. The summed E-state index contributed by atoms with van der Waals surface area (Å²) in [6.45, 7) is 5.22. The van der Waals surface area contributed by atoms with Crippen LogP contribution in [0.1, 0.15) is 149 Å². The Bertz CT molecular complexity index is 436. The molecule has 0 aliphatic rings. The van der Waals surface area contributed by atoms with Gasteiger partial charge < -0.3 is 14.6 Å². The van der Waals surface area contributed by atoms with E-state index in [1.165, 1.54) is 96.3 Å². The molecule has 0 radical (unpaired) electrons. The first-order valence-electron chi connectivity index (χ1n) is 14.8. The van der Waals surface area contributed by atoms with Gasteiger partial charge in [0, 0.05) is 13.0 Å². The second-order valence-electron chi connectivity index (χ2n) is 9.82. The zero-order valence-corrected chi connectivity index (χ0v) is 22.9. The van der Waals surface area contributed by atoms with E-state index in [0.717, 1.165) is 32.1 Å². The molecule has 0 fully saturated rings. The van der Waals surface area contributed by atoms with E-state index in [4.69, 9.17) is 9.47 Å². The fraction of sp³-hybridized carbons (Fsp3) is 0.900. The van der Waals surface area contributed by atoms with Crippen LogP contribution < -0.4 is 0 Å². The third-order valence-corrected chi connectivity index (χ3v) is 6.34. The Morgan fingerprint density at radius 1 is 0.676 bits per heavy atom. The molecule has 0 bridgehead atoms. The lowest BCUT2D eigenvalue weighted by Gasteiger charge is -2.15. The molecule has 202 valence electrons. The van der Waals surface area contributed by atoms with E-state index in [1.807, 2.05) is 0 Å². The number of esters is 1. The summed E-state index contributed by atoms with van der Waals surface area (Å²) < 4.78 is 10.9. The summed E-state index contributed by atoms with van der Waals surface area (Å²) in [5.41, 5.74) is 0. The molecular weight excluding hydrogens is 424 g/mol. The highest BCUT2D eigenvalue weighted by Gasteiger charge is 2.13. The van der Waals surface area contributed by atoms with Gasteiger partial charge in [0.1, 0.15) is 6.10 Å². The van der Waals surface area contributed by atoms with Crippen LogP contribution in [0, 0.1) is 0 Å². The van der Waals surface area contributed by atoms with Gasteiger partial charge in [-0.1, -0.05) is 116 Å². The quantitative estimate of drug-likeness (QED) is 0.0722. The van der Waals surface area contributed by atoms with E-state index < -0.39 is 6.10 Å². The van der Waals surface area contributed by atoms with Crippen molar-refractivity contribution in [2.45, 2.75) is 155 Å². The first-order valence-corrected chi connectivity index (χ1v) is 14.8. The molecule has 4 heteroatoms. The molecule has 0 aliphatic carbocycles. The molecule has 0 aromatic heterocycles. The monoisotopic (exact) mass is 482 g/mol. The maximum Gasteiger partial charge on any atom is 0.306 e. The Morgan fingerprint density at radius 2 is 1.15 bits per heavy atom. The largest absolute Gasteiger partial charge is 0.457 e. The number of allylic oxidation sites excluding steroid dienone is 2. The average Bonchev–Trinajstić information content (AvgIpc) is 2.84. The second kappa shape index (κ2) is 28.4. The molecule has 1 N–H and O–H groups in total. The van der Waals surface area contributed by atoms with Gasteiger partial charge in [-0.25, -0.2) is 0 Å². The Balaban J connectivity index is 3.34. The summed E-state index contributed by atoms with van der Waals surface area (Å²) in [6, 6.07) is 0. The van der Waals surface area contributed by atoms with Crippen molar-refractivity contribution in [3.63, 3.8) is 0 Å². The van der Waals surface area contributed by atoms with Gasteiger partial charge in [-0.3, -0.25) is 4.79 Å². The summed E-state index contributed by atoms with van der Waals surface area (Å²) in [7, 11) is 0. The molecule has 0 heterocycles. The van der Waals surface area contributed by atoms with Crippen molar-refractivity contribution in [3.8, 4) is 0 Å². The van der Waals surface area contributed by atoms with Crippen LogP contribution in [0.2, 0.25) is 0 Å². The van der Waals surface area contributed by atoms with Gasteiger partial charge in [0.25, 0.3) is 0 Å². The number of hydrogen-bond donors (Lipinski definition) is 1. The molecule has 0 amide bonds. The van der Waals surface area contributed by atoms with E-state index in [1.54, 1.807) is 0 Å². The van der Waals surface area contributed by atoms with E-state index in [0.29, 0.717) is 19.6 Å². The van der Waals surface area contributed by atoms with Crippen molar-refractivity contribution in [2.75, 3.05) is 19.8 Å². The lowest BCUT2D eigenvalue weighted by Crippen LogP contribution is -2.27. The smallest absolute Gasteiger partial charge is 0.306 e. The van der Waals surface area contributed by atoms with Crippen molar-refractivity contribution in [2.24, 2.45) is 0 Å². The van der Waals surface area contributed by atoms with Crippen LogP contribution in [0.15, 0.2) is 12.2 Å². The molecule has 1 unspecified atom stereocenters. The maximum atomic E-state index is 11.8. The number of hydrogen-bond acceptors (Lipinski definition) is 4. The predicted molar refractivity (Wildman–Crippen MR) is 145 cm³/mol. The van der Waals surface area contributed by atoms with Crippen LogP contribution in [-0.2, 0) is 14.3 Å². The number of unbranched alkanes of at least 4 members (excludes halogenated alkanes) is 17. The zero-order valence-electron chi connectivity index (χ0n) is 22.9. The Kier molecular flexibility index (Phi) is 27.6. The third-order valence-electron chi connectivity index (χ3n) is 6.34. The van der Waals surface area contributed by atoms with Crippen LogP contribution in [0.4, 0.5) is 0 Å². The summed E-state index contributed by atoms with van der Waals surface area (Å²) in [6.07, 6.45) is 29.9. The number of ether oxygens (including phenoxy) is 2. The summed E-state index contributed by atoms with van der Waals surface area (Å²) in [5, 5.41) is 9.38. The first kappa shape index (κ1) is 33.1. The van der Waals surface area contributed by atoms with Crippen molar-refractivity contribution in [1.82, 2.24) is 0 Å². The van der Waals surface area contributed by atoms with E-state index in [9.17, 15) is 9.90 Å². The Hall–Kier alpha value is -0.870. The van der Waals surface area contributed by atoms with Gasteiger partial charge in [-0.2, -0.15) is 0 Å². The van der Waals surface area contributed by atoms with Gasteiger partial charge >= 0.3 is 5.97 Å². The lowest BCUT2D eigenvalue weighted by atomic mass is 10.1. The van der Waals surface area contributed by atoms with Crippen molar-refractivity contribution >= 4 is 5.97 Å². The van der Waals surface area contributed by atoms with Crippen LogP contribution in [0.5, 0.6) is 0 Å². The molecule has 0 spiro atoms. The Labute approximate surface area is 212 Å². The molecule has 0 rings (SSSR count). The molecule has 0 aliphatic heterocycles. The first-order chi connectivity index (χ1) is 16.7. The van der Waals surface area contributed by atoms with Gasteiger partial charge in [-0.15, -0.1) is 0 Å². The van der Waals surface area contributed by atoms with Crippen LogP contribution >= 0.6 is 0 Å². The molecule has 0 aromatic rings. The zero-order chi connectivity index (χ0) is 25.0. The van der Waals surface area contributed by atoms with Gasteiger partial charge in [-0.05, 0) is 38.5 Å². The standard InChI is InChI=1S/C30H58O4/c1-3-5-7-9-10-11-12-13-14-15-16-17-18-19-20-21-22-24-26-33-28-29(27-31)34-30(32)25-23-8-6-4-2/h13-14,29,31H,3-12,15-28H2,1-2H3/b14-13-. The number of carbonyl (C=O) groups excluding carboxylic acids is 1. The van der Waals surface area contributed by atoms with Crippen LogP contribution in [-0.4, -0.2) is 37.0 Å². The fourth-order valence-corrected chi connectivity index (χ4v) is 4.08. The highest BCUT2D eigenvalue weighted by molar-refractivity contribution is 5.69. The number of rotatable bonds is 27. The van der Waals surface area contributed by atoms with Crippen LogP contribution in [0.25, 0.3) is 0 Å². The van der Waals surface area contributed by atoms with Crippen LogP contribution in [0.3, 0.4) is 0 Å². The van der Waals surface area contributed by atoms with Gasteiger partial charge in [0.15, 0.2) is 0 Å². The number of carbonyl (C=O) groups is 1. The third kappa shape index (κ3) is 25.7. The maximum absolute atomic E-state index is 11.8. The summed E-state index contributed by atoms with van der Waals surface area (Å²) in [4.78, 5) is 11.8. The second-order valence-corrected chi connectivity index (χ2v) is 9.82. The molecule has 0 saturated carbocycles. The molecule has 34 heavy (non-hydrogen) atoms. The predicted octanol–water partition coefficient (Wildman–Crippen LogP) is 8.70. The lowest BCUT2D eigenvalue weighted by molar-refractivity contribution is -0.154. The Morgan fingerprint density at radius 3 is 1.68 bits per heavy atom. The van der Waals surface area contributed by atoms with Crippen molar-refractivity contribution in [3.05, 3.63) is 12.2 Å². The van der Waals surface area contributed by atoms with E-state index in [-0.39, 0.29) is 12.6 Å². The van der Waals surface area contributed by atoms with Gasteiger partial charge in [0.05, 0.1) is 13.2 Å².